The SMILES string of the molecule is Cc1nc2ccc(C(F)(F)F)cc2c2c1O[C@]1(CC2)C[C@H]2C(=O)N[C@]3(C(=O)NS(=O)(=O)C4(C)CC4)C[C@H]3/C=C\CCCCC[C@H](N(C(=O)O)C(C)(C)C(F)(F)F)C(=O)N2C1. The van der Waals surface area contributed by atoms with Gasteiger partial charge in [0.2, 0.25) is 21.8 Å². The Balaban J connectivity index is 1.30. The van der Waals surface area contributed by atoms with Gasteiger partial charge in [-0.05, 0) is 97.3 Å². The molecule has 1 spiro atoms. The van der Waals surface area contributed by atoms with Crippen molar-refractivity contribution in [3.8, 4) is 5.75 Å². The van der Waals surface area contributed by atoms with Gasteiger partial charge in [0, 0.05) is 23.3 Å². The van der Waals surface area contributed by atoms with Crippen molar-refractivity contribution in [2.45, 2.75) is 144 Å². The summed E-state index contributed by atoms with van der Waals surface area (Å²) in [5.41, 5.74) is -6.30. The second-order valence-electron chi connectivity index (χ2n) is 17.7. The zero-order chi connectivity index (χ0) is 44.0. The first-order chi connectivity index (χ1) is 27.8. The van der Waals surface area contributed by atoms with Gasteiger partial charge in [-0.25, -0.2) is 18.2 Å². The number of hydrogen-bond acceptors (Lipinski definition) is 8. The molecule has 1 aromatic heterocycles. The van der Waals surface area contributed by atoms with Crippen LogP contribution in [0.4, 0.5) is 31.1 Å². The number of carboxylic acid groups (broad SMARTS) is 1. The van der Waals surface area contributed by atoms with Crippen molar-refractivity contribution < 1.29 is 63.8 Å². The molecule has 5 atom stereocenters. The number of hydrogen-bond donors (Lipinski definition) is 3. The Hall–Kier alpha value is -4.62. The molecule has 3 fully saturated rings. The summed E-state index contributed by atoms with van der Waals surface area (Å²) >= 11 is 0. The minimum Gasteiger partial charge on any atom is -0.483 e. The average Bonchev–Trinajstić information content (AvgIpc) is 4.03. The van der Waals surface area contributed by atoms with Gasteiger partial charge in [-0.3, -0.25) is 24.0 Å². The minimum atomic E-state index is -5.13. The molecular formula is C40H47F6N5O8S. The third-order valence-electron chi connectivity index (χ3n) is 13.1. The fourth-order valence-electron chi connectivity index (χ4n) is 8.85. The lowest BCUT2D eigenvalue weighted by Crippen LogP contribution is -2.65. The molecule has 60 heavy (non-hydrogen) atoms. The van der Waals surface area contributed by atoms with Gasteiger partial charge in [0.15, 0.2) is 0 Å². The number of aromatic nitrogens is 1. The molecule has 0 bridgehead atoms. The summed E-state index contributed by atoms with van der Waals surface area (Å²) in [6.45, 7) is 3.88. The number of pyridine rings is 1. The second kappa shape index (κ2) is 14.5. The van der Waals surface area contributed by atoms with Crippen LogP contribution in [0.2, 0.25) is 0 Å². The third kappa shape index (κ3) is 7.54. The van der Waals surface area contributed by atoms with Crippen LogP contribution < -0.4 is 14.8 Å². The normalized spacial score (nSPS) is 28.9. The molecule has 2 aromatic rings. The lowest BCUT2D eigenvalue weighted by Gasteiger charge is -2.43. The lowest BCUT2D eigenvalue weighted by molar-refractivity contribution is -0.220. The van der Waals surface area contributed by atoms with Crippen LogP contribution in [0.3, 0.4) is 0 Å². The van der Waals surface area contributed by atoms with E-state index in [0.29, 0.717) is 51.5 Å². The van der Waals surface area contributed by atoms with Crippen LogP contribution >= 0.6 is 0 Å². The van der Waals surface area contributed by atoms with Gasteiger partial charge >= 0.3 is 18.4 Å². The molecule has 2 aliphatic carbocycles. The van der Waals surface area contributed by atoms with Gasteiger partial charge in [-0.15, -0.1) is 0 Å². The molecule has 3 aliphatic heterocycles. The number of allylic oxidation sites excluding steroid dienone is 1. The molecule has 13 nitrogen and oxygen atoms in total. The molecule has 4 heterocycles. The highest BCUT2D eigenvalue weighted by Crippen LogP contribution is 2.50. The second-order valence-corrected chi connectivity index (χ2v) is 19.8. The molecule has 5 aliphatic rings. The first kappa shape index (κ1) is 43.5. The van der Waals surface area contributed by atoms with Crippen molar-refractivity contribution in [2.75, 3.05) is 6.54 Å². The maximum Gasteiger partial charge on any atom is 0.416 e. The summed E-state index contributed by atoms with van der Waals surface area (Å²) in [7, 11) is -4.17. The Morgan fingerprint density at radius 2 is 1.75 bits per heavy atom. The molecule has 3 N–H and O–H groups in total. The van der Waals surface area contributed by atoms with E-state index in [9.17, 15) is 59.0 Å². The molecule has 0 unspecified atom stereocenters. The van der Waals surface area contributed by atoms with Crippen LogP contribution in [0.15, 0.2) is 30.4 Å². The molecule has 328 valence electrons. The number of carbonyl (C=O) groups excluding carboxylic acids is 3. The van der Waals surface area contributed by atoms with Gasteiger partial charge < -0.3 is 20.1 Å². The number of halogens is 6. The predicted octanol–water partition coefficient (Wildman–Crippen LogP) is 6.31. The summed E-state index contributed by atoms with van der Waals surface area (Å²) in [6, 6.07) is -0.409. The zero-order valence-electron chi connectivity index (χ0n) is 33.4. The molecular weight excluding hydrogens is 825 g/mol. The zero-order valence-corrected chi connectivity index (χ0v) is 34.2. The van der Waals surface area contributed by atoms with Gasteiger partial charge in [-0.2, -0.15) is 26.3 Å². The number of ether oxygens (including phenoxy) is 1. The van der Waals surface area contributed by atoms with Crippen LogP contribution in [0.5, 0.6) is 5.75 Å². The van der Waals surface area contributed by atoms with Crippen molar-refractivity contribution in [1.82, 2.24) is 24.8 Å². The largest absolute Gasteiger partial charge is 0.483 e. The van der Waals surface area contributed by atoms with E-state index in [2.05, 4.69) is 15.0 Å². The highest BCUT2D eigenvalue weighted by molar-refractivity contribution is 7.91. The minimum absolute atomic E-state index is 0.00393. The summed E-state index contributed by atoms with van der Waals surface area (Å²) in [4.78, 5) is 61.8. The number of nitrogens with zero attached hydrogens (tertiary/aromatic N) is 3. The first-order valence-electron chi connectivity index (χ1n) is 19.9. The smallest absolute Gasteiger partial charge is 0.416 e. The Morgan fingerprint density at radius 3 is 2.38 bits per heavy atom. The standard InChI is InChI=1S/C40H47F6N5O8S/c1-22-30-25(26-18-23(39(41,42)43)12-13-27(26)47-22)14-15-37(59-30)20-29-31(52)48-38(33(54)49-60(57,58)36(4)16-17-36)19-24(38)10-8-6-5-7-9-11-28(32(53)50(29)21-37)51(34(55)56)35(2,3)40(44,45)46/h8,10,12-13,18,24,28-29H,5-7,9,11,14-17,19-21H2,1-4H3,(H,48,52)(H,49,54)(H,55,56)/b10-8-/t24-,28+,29+,37-,38-/m1/s1. The van der Waals surface area contributed by atoms with Crippen molar-refractivity contribution in [1.29, 1.82) is 0 Å². The van der Waals surface area contributed by atoms with Crippen molar-refractivity contribution in [2.24, 2.45) is 5.92 Å². The summed E-state index contributed by atoms with van der Waals surface area (Å²) in [6.07, 6.45) is -6.90. The molecule has 1 aromatic carbocycles. The molecule has 0 radical (unpaired) electrons. The highest BCUT2D eigenvalue weighted by Gasteiger charge is 2.64. The van der Waals surface area contributed by atoms with Crippen LogP contribution in [-0.4, -0.2) is 98.4 Å². The van der Waals surface area contributed by atoms with Gasteiger partial charge in [-0.1, -0.05) is 25.0 Å². The number of alkyl halides is 6. The highest BCUT2D eigenvalue weighted by atomic mass is 32.2. The van der Waals surface area contributed by atoms with E-state index >= 15 is 0 Å². The van der Waals surface area contributed by atoms with Crippen LogP contribution in [0, 0.1) is 12.8 Å². The number of carbonyl (C=O) groups is 4. The van der Waals surface area contributed by atoms with Crippen LogP contribution in [0.1, 0.15) is 102 Å². The van der Waals surface area contributed by atoms with E-state index in [0.717, 1.165) is 17.0 Å². The van der Waals surface area contributed by atoms with E-state index in [4.69, 9.17) is 4.74 Å². The molecule has 2 saturated carbocycles. The molecule has 4 amide bonds. The van der Waals surface area contributed by atoms with E-state index in [-0.39, 0.29) is 65.8 Å². The summed E-state index contributed by atoms with van der Waals surface area (Å²) in [5.74, 6) is -3.62. The van der Waals surface area contributed by atoms with E-state index in [1.54, 1.807) is 19.1 Å². The van der Waals surface area contributed by atoms with Crippen LogP contribution in [0.25, 0.3) is 10.9 Å². The molecule has 20 heteroatoms. The molecule has 7 rings (SSSR count). The number of aryl methyl sites for hydroxylation is 2. The fraction of sp³-hybridized carbons (Fsp3) is 0.625. The van der Waals surface area contributed by atoms with E-state index < -0.39 is 97.7 Å². The fourth-order valence-corrected chi connectivity index (χ4v) is 10.2. The number of fused-ring (bicyclic) bond motifs is 5. The van der Waals surface area contributed by atoms with Gasteiger partial charge in [0.05, 0.1) is 28.1 Å². The maximum atomic E-state index is 14.9. The summed E-state index contributed by atoms with van der Waals surface area (Å²) in [5, 5.41) is 13.2. The van der Waals surface area contributed by atoms with Gasteiger partial charge in [0.25, 0.3) is 5.91 Å². The third-order valence-corrected chi connectivity index (χ3v) is 15.2. The monoisotopic (exact) mass is 871 g/mol. The Bertz CT molecular complexity index is 2280. The lowest BCUT2D eigenvalue weighted by atomic mass is 9.87. The number of rotatable bonds is 5. The quantitative estimate of drug-likeness (QED) is 0.230. The van der Waals surface area contributed by atoms with Crippen molar-refractivity contribution in [3.63, 3.8) is 0 Å². The number of amides is 4. The Kier molecular flexibility index (Phi) is 10.5. The number of nitrogens with one attached hydrogen (secondary N) is 2. The maximum absolute atomic E-state index is 14.9. The van der Waals surface area contributed by atoms with Crippen LogP contribution in [-0.2, 0) is 37.0 Å². The number of benzene rings is 1. The first-order valence-corrected chi connectivity index (χ1v) is 21.4. The topological polar surface area (TPSA) is 175 Å². The average molecular weight is 872 g/mol. The Labute approximate surface area is 342 Å². The van der Waals surface area contributed by atoms with Crippen molar-refractivity contribution >= 4 is 44.7 Å². The summed E-state index contributed by atoms with van der Waals surface area (Å²) < 4.78 is 119. The molecule has 1 saturated heterocycles. The van der Waals surface area contributed by atoms with Gasteiger partial charge in [0.1, 0.15) is 34.5 Å². The van der Waals surface area contributed by atoms with E-state index in [1.165, 1.54) is 13.0 Å². The van der Waals surface area contributed by atoms with E-state index in [1.807, 2.05) is 0 Å². The number of sulfonamides is 1. The van der Waals surface area contributed by atoms with Crippen molar-refractivity contribution in [3.05, 3.63) is 47.2 Å². The Morgan fingerprint density at radius 1 is 1.05 bits per heavy atom. The predicted molar refractivity (Wildman–Crippen MR) is 203 cm³/mol.